The second kappa shape index (κ2) is 8.53. The molecule has 11 heteroatoms. The van der Waals surface area contributed by atoms with Crippen molar-refractivity contribution in [2.75, 3.05) is 19.5 Å². The van der Waals surface area contributed by atoms with Crippen molar-refractivity contribution in [1.82, 2.24) is 30.0 Å². The van der Waals surface area contributed by atoms with Crippen LogP contribution in [0.4, 0.5) is 10.5 Å². The average Bonchev–Trinajstić information content (AvgIpc) is 3.20. The first-order valence-electron chi connectivity index (χ1n) is 8.19. The van der Waals surface area contributed by atoms with Gasteiger partial charge in [-0.05, 0) is 13.0 Å². The van der Waals surface area contributed by atoms with Crippen LogP contribution in [-0.2, 0) is 0 Å². The van der Waals surface area contributed by atoms with Crippen molar-refractivity contribution < 1.29 is 14.3 Å². The van der Waals surface area contributed by atoms with E-state index in [-0.39, 0.29) is 0 Å². The molecule has 0 radical (unpaired) electrons. The van der Waals surface area contributed by atoms with Crippen LogP contribution >= 0.6 is 11.6 Å². The highest BCUT2D eigenvalue weighted by Crippen LogP contribution is 2.36. The number of halogens is 1. The van der Waals surface area contributed by atoms with Gasteiger partial charge in [-0.15, -0.1) is 0 Å². The number of aromatic nitrogens is 5. The number of nitrogens with zero attached hydrogens (tertiary/aromatic N) is 5. The van der Waals surface area contributed by atoms with E-state index >= 15 is 0 Å². The lowest BCUT2D eigenvalue weighted by atomic mass is 10.2. The lowest BCUT2D eigenvalue weighted by Gasteiger charge is -2.16. The summed E-state index contributed by atoms with van der Waals surface area (Å²) in [5.74, 6) is 1.73. The summed E-state index contributed by atoms with van der Waals surface area (Å²) >= 11 is 6.20. The third kappa shape index (κ3) is 4.12. The molecule has 0 saturated carbocycles. The molecule has 3 rings (SSSR count). The van der Waals surface area contributed by atoms with Crippen LogP contribution in [0.2, 0.25) is 5.02 Å². The Bertz CT molecular complexity index is 965. The lowest BCUT2D eigenvalue weighted by Crippen LogP contribution is -2.32. The number of amides is 2. The van der Waals surface area contributed by atoms with E-state index in [0.717, 1.165) is 0 Å². The zero-order valence-electron chi connectivity index (χ0n) is 15.4. The third-order valence-corrected chi connectivity index (χ3v) is 4.08. The highest BCUT2D eigenvalue weighted by Gasteiger charge is 2.19. The molecule has 2 aromatic heterocycles. The van der Waals surface area contributed by atoms with Gasteiger partial charge >= 0.3 is 6.03 Å². The highest BCUT2D eigenvalue weighted by atomic mass is 35.5. The van der Waals surface area contributed by atoms with E-state index in [0.29, 0.717) is 34.0 Å². The van der Waals surface area contributed by atoms with Crippen LogP contribution < -0.4 is 20.1 Å². The standard InChI is InChI=1S/C17H18ClN7O3/c1-10(15-21-9-22-25(15)16-19-5-4-6-20-16)23-17(26)24-12-8-14(28-3)13(27-2)7-11(12)18/h4-10H,1-3H3,(H2,23,24,26). The van der Waals surface area contributed by atoms with Crippen LogP contribution in [-0.4, -0.2) is 45.0 Å². The van der Waals surface area contributed by atoms with Gasteiger partial charge in [0.1, 0.15) is 6.33 Å². The fourth-order valence-electron chi connectivity index (χ4n) is 2.47. The molecular weight excluding hydrogens is 386 g/mol. The SMILES string of the molecule is COc1cc(Cl)c(NC(=O)NC(C)c2ncnn2-c2ncccn2)cc1OC. The van der Waals surface area contributed by atoms with Crippen molar-refractivity contribution in [2.24, 2.45) is 0 Å². The Morgan fingerprint density at radius 3 is 2.50 bits per heavy atom. The Labute approximate surface area is 165 Å². The largest absolute Gasteiger partial charge is 0.493 e. The fraction of sp³-hybridized carbons (Fsp3) is 0.235. The Hall–Kier alpha value is -3.40. The predicted octanol–water partition coefficient (Wildman–Crippen LogP) is 2.61. The van der Waals surface area contributed by atoms with Gasteiger partial charge in [-0.25, -0.2) is 19.7 Å². The topological polar surface area (TPSA) is 116 Å². The van der Waals surface area contributed by atoms with Crippen molar-refractivity contribution in [1.29, 1.82) is 0 Å². The minimum atomic E-state index is -0.481. The maximum atomic E-state index is 12.4. The fourth-order valence-corrected chi connectivity index (χ4v) is 2.67. The van der Waals surface area contributed by atoms with Gasteiger partial charge in [0.25, 0.3) is 5.95 Å². The summed E-state index contributed by atoms with van der Waals surface area (Å²) in [5.41, 5.74) is 0.372. The zero-order chi connectivity index (χ0) is 20.1. The number of benzene rings is 1. The summed E-state index contributed by atoms with van der Waals surface area (Å²) in [6.45, 7) is 1.76. The molecule has 3 aromatic rings. The summed E-state index contributed by atoms with van der Waals surface area (Å²) in [4.78, 5) is 24.9. The maximum absolute atomic E-state index is 12.4. The Morgan fingerprint density at radius 2 is 1.82 bits per heavy atom. The number of ether oxygens (including phenoxy) is 2. The van der Waals surface area contributed by atoms with E-state index in [1.807, 2.05) is 0 Å². The lowest BCUT2D eigenvalue weighted by molar-refractivity contribution is 0.248. The Balaban J connectivity index is 1.74. The maximum Gasteiger partial charge on any atom is 0.319 e. The molecule has 2 N–H and O–H groups in total. The number of urea groups is 1. The van der Waals surface area contributed by atoms with Gasteiger partial charge in [-0.1, -0.05) is 11.6 Å². The van der Waals surface area contributed by atoms with Gasteiger partial charge in [0, 0.05) is 24.5 Å². The first kappa shape index (κ1) is 19.4. The summed E-state index contributed by atoms with van der Waals surface area (Å²) in [6.07, 6.45) is 4.56. The quantitative estimate of drug-likeness (QED) is 0.649. The van der Waals surface area contributed by atoms with Gasteiger partial charge in [-0.3, -0.25) is 0 Å². The van der Waals surface area contributed by atoms with Gasteiger partial charge in [-0.2, -0.15) is 9.78 Å². The summed E-state index contributed by atoms with van der Waals surface area (Å²) in [7, 11) is 3.00. The number of carbonyl (C=O) groups excluding carboxylic acids is 1. The first-order valence-corrected chi connectivity index (χ1v) is 8.57. The number of methoxy groups -OCH3 is 2. The minimum absolute atomic E-state index is 0.307. The number of anilines is 1. The molecule has 1 atom stereocenters. The monoisotopic (exact) mass is 403 g/mol. The summed E-state index contributed by atoms with van der Waals surface area (Å²) < 4.78 is 11.9. The molecule has 0 spiro atoms. The van der Waals surface area contributed by atoms with Crippen LogP contribution in [0.25, 0.3) is 5.95 Å². The number of rotatable bonds is 6. The van der Waals surface area contributed by atoms with E-state index in [2.05, 4.69) is 30.7 Å². The van der Waals surface area contributed by atoms with Crippen molar-refractivity contribution in [3.8, 4) is 17.4 Å². The van der Waals surface area contributed by atoms with Crippen LogP contribution in [0, 0.1) is 0 Å². The molecule has 1 unspecified atom stereocenters. The van der Waals surface area contributed by atoms with Crippen LogP contribution in [0.15, 0.2) is 36.9 Å². The van der Waals surface area contributed by atoms with E-state index in [1.165, 1.54) is 25.2 Å². The van der Waals surface area contributed by atoms with Crippen molar-refractivity contribution in [3.05, 3.63) is 47.8 Å². The second-order valence-corrected chi connectivity index (χ2v) is 5.99. The van der Waals surface area contributed by atoms with Gasteiger partial charge < -0.3 is 20.1 Å². The number of hydrogen-bond acceptors (Lipinski definition) is 7. The molecule has 0 saturated heterocycles. The molecule has 1 aromatic carbocycles. The number of carbonyl (C=O) groups is 1. The molecular formula is C17H18ClN7O3. The second-order valence-electron chi connectivity index (χ2n) is 5.59. The molecule has 0 bridgehead atoms. The zero-order valence-corrected chi connectivity index (χ0v) is 16.1. The molecule has 28 heavy (non-hydrogen) atoms. The average molecular weight is 404 g/mol. The minimum Gasteiger partial charge on any atom is -0.493 e. The molecule has 2 heterocycles. The molecule has 146 valence electrons. The Kier molecular flexibility index (Phi) is 5.90. The molecule has 0 fully saturated rings. The number of nitrogens with one attached hydrogen (secondary N) is 2. The number of hydrogen-bond donors (Lipinski definition) is 2. The van der Waals surface area contributed by atoms with Crippen molar-refractivity contribution in [2.45, 2.75) is 13.0 Å². The predicted molar refractivity (Wildman–Crippen MR) is 102 cm³/mol. The van der Waals surface area contributed by atoms with Crippen molar-refractivity contribution in [3.63, 3.8) is 0 Å². The molecule has 0 aliphatic heterocycles. The third-order valence-electron chi connectivity index (χ3n) is 3.77. The van der Waals surface area contributed by atoms with E-state index < -0.39 is 12.1 Å². The van der Waals surface area contributed by atoms with Crippen LogP contribution in [0.3, 0.4) is 0 Å². The van der Waals surface area contributed by atoms with E-state index in [1.54, 1.807) is 37.5 Å². The van der Waals surface area contributed by atoms with E-state index in [4.69, 9.17) is 21.1 Å². The van der Waals surface area contributed by atoms with E-state index in [9.17, 15) is 4.79 Å². The molecule has 2 amide bonds. The summed E-state index contributed by atoms with van der Waals surface area (Å²) in [5, 5.41) is 9.88. The Morgan fingerprint density at radius 1 is 1.14 bits per heavy atom. The van der Waals surface area contributed by atoms with Gasteiger partial charge in [0.2, 0.25) is 0 Å². The van der Waals surface area contributed by atoms with Crippen LogP contribution in [0.5, 0.6) is 11.5 Å². The summed E-state index contributed by atoms with van der Waals surface area (Å²) in [6, 6.07) is 3.87. The molecule has 0 aliphatic carbocycles. The highest BCUT2D eigenvalue weighted by molar-refractivity contribution is 6.34. The first-order chi connectivity index (χ1) is 13.5. The molecule has 0 aliphatic rings. The van der Waals surface area contributed by atoms with Crippen molar-refractivity contribution >= 4 is 23.3 Å². The smallest absolute Gasteiger partial charge is 0.319 e. The normalized spacial score (nSPS) is 11.6. The molecule has 10 nitrogen and oxygen atoms in total. The van der Waals surface area contributed by atoms with Gasteiger partial charge in [0.05, 0.1) is 31.0 Å². The van der Waals surface area contributed by atoms with Crippen LogP contribution in [0.1, 0.15) is 18.8 Å². The van der Waals surface area contributed by atoms with Gasteiger partial charge in [0.15, 0.2) is 17.3 Å².